The molecule has 20 heavy (non-hydrogen) atoms. The van der Waals surface area contributed by atoms with Gasteiger partial charge < -0.3 is 15.5 Å². The van der Waals surface area contributed by atoms with Gasteiger partial charge in [0.2, 0.25) is 0 Å². The first-order valence-corrected chi connectivity index (χ1v) is 7.19. The van der Waals surface area contributed by atoms with Crippen molar-refractivity contribution in [3.05, 3.63) is 17.8 Å². The van der Waals surface area contributed by atoms with Crippen LogP contribution in [0.3, 0.4) is 0 Å². The van der Waals surface area contributed by atoms with Crippen LogP contribution in [0.25, 0.3) is 0 Å². The van der Waals surface area contributed by atoms with Gasteiger partial charge in [0, 0.05) is 25.2 Å². The van der Waals surface area contributed by atoms with Gasteiger partial charge in [0.25, 0.3) is 5.91 Å². The van der Waals surface area contributed by atoms with Gasteiger partial charge in [-0.3, -0.25) is 4.79 Å². The highest BCUT2D eigenvalue weighted by Gasteiger charge is 2.24. The Balaban J connectivity index is 1.91. The van der Waals surface area contributed by atoms with Gasteiger partial charge in [-0.15, -0.1) is 10.2 Å². The van der Waals surface area contributed by atoms with E-state index < -0.39 is 0 Å². The first-order chi connectivity index (χ1) is 9.60. The summed E-state index contributed by atoms with van der Waals surface area (Å²) in [6.07, 6.45) is 1.96. The molecule has 2 heterocycles. The molecule has 2 N–H and O–H groups in total. The summed E-state index contributed by atoms with van der Waals surface area (Å²) in [5.74, 6) is 0.555. The van der Waals surface area contributed by atoms with Gasteiger partial charge in [0.15, 0.2) is 5.69 Å². The summed E-state index contributed by atoms with van der Waals surface area (Å²) in [5.41, 5.74) is 0.373. The Hall–Kier alpha value is -1.69. The lowest BCUT2D eigenvalue weighted by atomic mass is 9.99. The van der Waals surface area contributed by atoms with Crippen molar-refractivity contribution < 1.29 is 4.79 Å². The molecule has 0 aromatic carbocycles. The standard InChI is InChI=1S/C14H23N5O/c1-4-15-13-6-5-12(17-18-13)14(20)16-11-7-8-19(3)10(2)9-11/h5-6,10-11H,4,7-9H2,1-3H3,(H,15,18)(H,16,20). The number of nitrogens with one attached hydrogen (secondary N) is 2. The monoisotopic (exact) mass is 277 g/mol. The van der Waals surface area contributed by atoms with E-state index in [1.54, 1.807) is 12.1 Å². The molecule has 1 fully saturated rings. The molecule has 0 aliphatic carbocycles. The van der Waals surface area contributed by atoms with Gasteiger partial charge in [0.05, 0.1) is 0 Å². The average Bonchev–Trinajstić information content (AvgIpc) is 2.44. The van der Waals surface area contributed by atoms with Gasteiger partial charge in [-0.05, 0) is 45.9 Å². The number of piperidine rings is 1. The molecule has 0 spiro atoms. The highest BCUT2D eigenvalue weighted by molar-refractivity contribution is 5.92. The number of carbonyl (C=O) groups is 1. The number of carbonyl (C=O) groups excluding carboxylic acids is 1. The second-order valence-electron chi connectivity index (χ2n) is 5.36. The van der Waals surface area contributed by atoms with Crippen LogP contribution in [0.1, 0.15) is 37.2 Å². The zero-order chi connectivity index (χ0) is 14.5. The maximum Gasteiger partial charge on any atom is 0.272 e. The number of hydrogen-bond donors (Lipinski definition) is 2. The Morgan fingerprint density at radius 1 is 1.45 bits per heavy atom. The predicted octanol–water partition coefficient (Wildman–Crippen LogP) is 1.12. The van der Waals surface area contributed by atoms with Crippen LogP contribution in [0, 0.1) is 0 Å². The number of amides is 1. The molecule has 2 unspecified atom stereocenters. The van der Waals surface area contributed by atoms with E-state index in [0.717, 1.165) is 25.9 Å². The zero-order valence-electron chi connectivity index (χ0n) is 12.4. The lowest BCUT2D eigenvalue weighted by molar-refractivity contribution is 0.0890. The van der Waals surface area contributed by atoms with Crippen LogP contribution < -0.4 is 10.6 Å². The van der Waals surface area contributed by atoms with Crippen LogP contribution in [-0.2, 0) is 0 Å². The molecule has 1 saturated heterocycles. The molecule has 1 aromatic heterocycles. The van der Waals surface area contributed by atoms with E-state index in [-0.39, 0.29) is 11.9 Å². The highest BCUT2D eigenvalue weighted by atomic mass is 16.2. The van der Waals surface area contributed by atoms with Crippen LogP contribution in [0.4, 0.5) is 5.82 Å². The fourth-order valence-electron chi connectivity index (χ4n) is 2.41. The van der Waals surface area contributed by atoms with Crippen molar-refractivity contribution in [3.8, 4) is 0 Å². The number of nitrogens with zero attached hydrogens (tertiary/aromatic N) is 3. The molecule has 0 radical (unpaired) electrons. The SMILES string of the molecule is CCNc1ccc(C(=O)NC2CCN(C)C(C)C2)nn1. The Bertz CT molecular complexity index is 447. The number of aromatic nitrogens is 2. The fraction of sp³-hybridized carbons (Fsp3) is 0.643. The van der Waals surface area contributed by atoms with Crippen LogP contribution in [0.2, 0.25) is 0 Å². The molecule has 1 aliphatic rings. The minimum atomic E-state index is -0.137. The van der Waals surface area contributed by atoms with E-state index >= 15 is 0 Å². The summed E-state index contributed by atoms with van der Waals surface area (Å²) in [7, 11) is 2.12. The quantitative estimate of drug-likeness (QED) is 0.863. The molecule has 1 aliphatic heterocycles. The third-order valence-electron chi connectivity index (χ3n) is 3.80. The Kier molecular flexibility index (Phi) is 4.89. The summed E-state index contributed by atoms with van der Waals surface area (Å²) in [5, 5.41) is 14.0. The number of anilines is 1. The smallest absolute Gasteiger partial charge is 0.272 e. The van der Waals surface area contributed by atoms with Gasteiger partial charge in [0.1, 0.15) is 5.82 Å². The molecular weight excluding hydrogens is 254 g/mol. The molecule has 6 heteroatoms. The van der Waals surface area contributed by atoms with Gasteiger partial charge in [-0.2, -0.15) is 0 Å². The van der Waals surface area contributed by atoms with E-state index in [2.05, 4.69) is 39.7 Å². The number of likely N-dealkylation sites (tertiary alicyclic amines) is 1. The topological polar surface area (TPSA) is 70.2 Å². The molecule has 110 valence electrons. The molecule has 0 saturated carbocycles. The summed E-state index contributed by atoms with van der Waals surface area (Å²) in [4.78, 5) is 14.4. The van der Waals surface area contributed by atoms with E-state index in [1.807, 2.05) is 6.92 Å². The highest BCUT2D eigenvalue weighted by Crippen LogP contribution is 2.15. The lowest BCUT2D eigenvalue weighted by Gasteiger charge is -2.35. The van der Waals surface area contributed by atoms with Crippen molar-refractivity contribution in [2.45, 2.75) is 38.8 Å². The number of hydrogen-bond acceptors (Lipinski definition) is 5. The third-order valence-corrected chi connectivity index (χ3v) is 3.80. The molecule has 1 amide bonds. The van der Waals surface area contributed by atoms with Crippen molar-refractivity contribution in [2.24, 2.45) is 0 Å². The molecule has 2 rings (SSSR count). The molecule has 2 atom stereocenters. The molecular formula is C14H23N5O. The van der Waals surface area contributed by atoms with Crippen LogP contribution >= 0.6 is 0 Å². The molecule has 0 bridgehead atoms. The summed E-state index contributed by atoms with van der Waals surface area (Å²) >= 11 is 0. The maximum atomic E-state index is 12.1. The van der Waals surface area contributed by atoms with Crippen LogP contribution in [-0.4, -0.2) is 53.2 Å². The molecule has 1 aromatic rings. The minimum Gasteiger partial charge on any atom is -0.369 e. The predicted molar refractivity (Wildman–Crippen MR) is 78.8 cm³/mol. The van der Waals surface area contributed by atoms with Gasteiger partial charge >= 0.3 is 0 Å². The Morgan fingerprint density at radius 3 is 2.85 bits per heavy atom. The van der Waals surface area contributed by atoms with E-state index in [4.69, 9.17) is 0 Å². The van der Waals surface area contributed by atoms with E-state index in [0.29, 0.717) is 17.6 Å². The largest absolute Gasteiger partial charge is 0.369 e. The summed E-state index contributed by atoms with van der Waals surface area (Å²) in [6.45, 7) is 5.97. The van der Waals surface area contributed by atoms with E-state index in [9.17, 15) is 4.79 Å². The van der Waals surface area contributed by atoms with Crippen molar-refractivity contribution in [1.82, 2.24) is 20.4 Å². The Labute approximate surface area is 120 Å². The van der Waals surface area contributed by atoms with Gasteiger partial charge in [-0.1, -0.05) is 0 Å². The normalized spacial score (nSPS) is 23.4. The average molecular weight is 277 g/mol. The fourth-order valence-corrected chi connectivity index (χ4v) is 2.41. The van der Waals surface area contributed by atoms with Crippen molar-refractivity contribution in [1.29, 1.82) is 0 Å². The van der Waals surface area contributed by atoms with Crippen molar-refractivity contribution in [2.75, 3.05) is 25.5 Å². The maximum absolute atomic E-state index is 12.1. The van der Waals surface area contributed by atoms with E-state index in [1.165, 1.54) is 0 Å². The first-order valence-electron chi connectivity index (χ1n) is 7.19. The lowest BCUT2D eigenvalue weighted by Crippen LogP contribution is -2.47. The van der Waals surface area contributed by atoms with Crippen molar-refractivity contribution >= 4 is 11.7 Å². The molecule has 6 nitrogen and oxygen atoms in total. The van der Waals surface area contributed by atoms with Crippen molar-refractivity contribution in [3.63, 3.8) is 0 Å². The van der Waals surface area contributed by atoms with Gasteiger partial charge in [-0.25, -0.2) is 0 Å². The third kappa shape index (κ3) is 3.66. The first kappa shape index (κ1) is 14.7. The summed E-state index contributed by atoms with van der Waals surface area (Å²) < 4.78 is 0. The van der Waals surface area contributed by atoms with Crippen LogP contribution in [0.15, 0.2) is 12.1 Å². The Morgan fingerprint density at radius 2 is 2.25 bits per heavy atom. The number of rotatable bonds is 4. The van der Waals surface area contributed by atoms with Crippen LogP contribution in [0.5, 0.6) is 0 Å². The second-order valence-corrected chi connectivity index (χ2v) is 5.36. The minimum absolute atomic E-state index is 0.137. The summed E-state index contributed by atoms with van der Waals surface area (Å²) in [6, 6.07) is 4.21. The second kappa shape index (κ2) is 6.65. The zero-order valence-corrected chi connectivity index (χ0v) is 12.4.